The fourth-order valence-electron chi connectivity index (χ4n) is 2.97. The van der Waals surface area contributed by atoms with Gasteiger partial charge >= 0.3 is 5.69 Å². The molecule has 1 aromatic heterocycles. The molecular weight excluding hydrogens is 398 g/mol. The van der Waals surface area contributed by atoms with E-state index in [1.807, 2.05) is 0 Å². The van der Waals surface area contributed by atoms with E-state index in [9.17, 15) is 14.4 Å². The van der Waals surface area contributed by atoms with Crippen molar-refractivity contribution < 1.29 is 14.3 Å². The van der Waals surface area contributed by atoms with Crippen LogP contribution in [0.1, 0.15) is 12.8 Å². The van der Waals surface area contributed by atoms with Crippen LogP contribution in [-0.2, 0) is 11.3 Å². The first-order valence-corrected chi connectivity index (χ1v) is 9.25. The number of halogens is 1. The molecule has 9 heteroatoms. The van der Waals surface area contributed by atoms with Crippen molar-refractivity contribution in [3.63, 3.8) is 0 Å². The lowest BCUT2D eigenvalue weighted by atomic mass is 10.2. The highest BCUT2D eigenvalue weighted by molar-refractivity contribution is 6.32. The summed E-state index contributed by atoms with van der Waals surface area (Å²) in [4.78, 5) is 39.6. The Bertz CT molecular complexity index is 1170. The van der Waals surface area contributed by atoms with Crippen molar-refractivity contribution in [3.8, 4) is 11.5 Å². The third kappa shape index (κ3) is 4.43. The van der Waals surface area contributed by atoms with Crippen LogP contribution in [0.15, 0.2) is 46.0 Å². The molecule has 0 bridgehead atoms. The average molecular weight is 418 g/mol. The summed E-state index contributed by atoms with van der Waals surface area (Å²) >= 11 is 6.10. The first kappa shape index (κ1) is 20.5. The molecule has 1 heterocycles. The number of hydrogen-bond donors (Lipinski definition) is 2. The van der Waals surface area contributed by atoms with Crippen LogP contribution in [-0.4, -0.2) is 29.7 Å². The van der Waals surface area contributed by atoms with Gasteiger partial charge in [0.2, 0.25) is 5.91 Å². The molecule has 0 spiro atoms. The lowest BCUT2D eigenvalue weighted by molar-refractivity contribution is -0.116. The summed E-state index contributed by atoms with van der Waals surface area (Å²) in [7, 11) is 2.95. The van der Waals surface area contributed by atoms with Gasteiger partial charge in [-0.1, -0.05) is 23.7 Å². The van der Waals surface area contributed by atoms with Crippen molar-refractivity contribution in [1.82, 2.24) is 9.55 Å². The average Bonchev–Trinajstić information content (AvgIpc) is 2.70. The number of rotatable bonds is 7. The topological polar surface area (TPSA) is 102 Å². The van der Waals surface area contributed by atoms with Gasteiger partial charge in [0, 0.05) is 19.0 Å². The van der Waals surface area contributed by atoms with Crippen LogP contribution < -0.4 is 26.0 Å². The summed E-state index contributed by atoms with van der Waals surface area (Å²) in [6.07, 6.45) is 0.408. The number of para-hydroxylation sites is 1. The third-order valence-corrected chi connectivity index (χ3v) is 4.72. The third-order valence-electron chi connectivity index (χ3n) is 4.42. The van der Waals surface area contributed by atoms with Crippen LogP contribution in [0.3, 0.4) is 0 Å². The van der Waals surface area contributed by atoms with Gasteiger partial charge in [0.25, 0.3) is 5.56 Å². The molecule has 29 heavy (non-hydrogen) atoms. The summed E-state index contributed by atoms with van der Waals surface area (Å²) < 4.78 is 11.5. The van der Waals surface area contributed by atoms with Gasteiger partial charge in [-0.2, -0.15) is 0 Å². The molecule has 0 aliphatic rings. The van der Waals surface area contributed by atoms with Crippen LogP contribution in [0.4, 0.5) is 5.69 Å². The van der Waals surface area contributed by atoms with Crippen molar-refractivity contribution in [3.05, 3.63) is 62.3 Å². The number of hydrogen-bond acceptors (Lipinski definition) is 5. The van der Waals surface area contributed by atoms with Crippen LogP contribution in [0.2, 0.25) is 5.02 Å². The van der Waals surface area contributed by atoms with Gasteiger partial charge in [-0.25, -0.2) is 4.79 Å². The summed E-state index contributed by atoms with van der Waals surface area (Å²) in [5, 5.41) is 3.48. The number of methoxy groups -OCH3 is 2. The van der Waals surface area contributed by atoms with Gasteiger partial charge in [0.15, 0.2) is 0 Å². The Morgan fingerprint density at radius 2 is 1.86 bits per heavy atom. The Morgan fingerprint density at radius 1 is 1.14 bits per heavy atom. The maximum atomic E-state index is 12.5. The number of H-pyrrole nitrogens is 1. The van der Waals surface area contributed by atoms with Crippen molar-refractivity contribution >= 4 is 34.1 Å². The van der Waals surface area contributed by atoms with E-state index in [-0.39, 0.29) is 24.4 Å². The van der Waals surface area contributed by atoms with Gasteiger partial charge in [-0.3, -0.25) is 14.2 Å². The summed E-state index contributed by atoms with van der Waals surface area (Å²) in [5.74, 6) is 0.535. The van der Waals surface area contributed by atoms with Gasteiger partial charge in [0.1, 0.15) is 11.5 Å². The molecule has 1 amide bonds. The van der Waals surface area contributed by atoms with E-state index in [4.69, 9.17) is 21.1 Å². The molecule has 2 aromatic carbocycles. The summed E-state index contributed by atoms with van der Waals surface area (Å²) in [6.45, 7) is 0.118. The molecule has 8 nitrogen and oxygen atoms in total. The molecule has 2 N–H and O–H groups in total. The first-order valence-electron chi connectivity index (χ1n) is 8.88. The van der Waals surface area contributed by atoms with E-state index in [0.717, 1.165) is 4.57 Å². The number of aromatic amines is 1. The smallest absolute Gasteiger partial charge is 0.328 e. The van der Waals surface area contributed by atoms with Gasteiger partial charge in [-0.05, 0) is 24.6 Å². The number of ether oxygens (including phenoxy) is 2. The minimum atomic E-state index is -0.502. The van der Waals surface area contributed by atoms with Crippen molar-refractivity contribution in [2.24, 2.45) is 0 Å². The maximum Gasteiger partial charge on any atom is 0.328 e. The number of fused-ring (bicyclic) bond motifs is 1. The standard InChI is InChI=1S/C20H20ClN3O5/c1-28-16-11-17(29-2)15(10-13(16)21)22-18(25)8-5-9-24-19(26)12-6-3-4-7-14(12)23-20(24)27/h3-4,6-7,10-11H,5,8-9H2,1-2H3,(H,22,25)(H,23,27). The number of aromatic nitrogens is 2. The van der Waals surface area contributed by atoms with Crippen LogP contribution >= 0.6 is 11.6 Å². The second kappa shape index (κ2) is 8.83. The molecule has 0 aliphatic heterocycles. The lowest BCUT2D eigenvalue weighted by Crippen LogP contribution is -2.35. The molecule has 152 valence electrons. The van der Waals surface area contributed by atoms with E-state index in [0.29, 0.717) is 39.5 Å². The first-order chi connectivity index (χ1) is 13.9. The fraction of sp³-hybridized carbons (Fsp3) is 0.250. The molecule has 3 aromatic rings. The van der Waals surface area contributed by atoms with E-state index >= 15 is 0 Å². The molecule has 0 radical (unpaired) electrons. The lowest BCUT2D eigenvalue weighted by Gasteiger charge is -2.13. The molecule has 0 atom stereocenters. The number of benzene rings is 2. The number of nitrogens with zero attached hydrogens (tertiary/aromatic N) is 1. The molecule has 0 aliphatic carbocycles. The van der Waals surface area contributed by atoms with Crippen molar-refractivity contribution in [2.45, 2.75) is 19.4 Å². The largest absolute Gasteiger partial charge is 0.495 e. The van der Waals surface area contributed by atoms with Crippen LogP contribution in [0.25, 0.3) is 10.9 Å². The van der Waals surface area contributed by atoms with Crippen LogP contribution in [0.5, 0.6) is 11.5 Å². The van der Waals surface area contributed by atoms with E-state index in [2.05, 4.69) is 10.3 Å². The number of anilines is 1. The van der Waals surface area contributed by atoms with Crippen molar-refractivity contribution in [2.75, 3.05) is 19.5 Å². The van der Waals surface area contributed by atoms with Crippen molar-refractivity contribution in [1.29, 1.82) is 0 Å². The van der Waals surface area contributed by atoms with E-state index in [1.54, 1.807) is 30.3 Å². The molecule has 0 fully saturated rings. The van der Waals surface area contributed by atoms with Crippen LogP contribution in [0, 0.1) is 0 Å². The second-order valence-corrected chi connectivity index (χ2v) is 6.68. The minimum Gasteiger partial charge on any atom is -0.495 e. The number of amides is 1. The zero-order valence-electron chi connectivity index (χ0n) is 16.0. The Hall–Kier alpha value is -3.26. The molecule has 3 rings (SSSR count). The van der Waals surface area contributed by atoms with Gasteiger partial charge in [0.05, 0.1) is 35.8 Å². The number of carbonyl (C=O) groups excluding carboxylic acids is 1. The Labute approximate surface area is 171 Å². The Kier molecular flexibility index (Phi) is 6.23. The summed E-state index contributed by atoms with van der Waals surface area (Å²) in [6, 6.07) is 9.90. The molecular formula is C20H20ClN3O5. The normalized spacial score (nSPS) is 10.7. The predicted molar refractivity (Wildman–Crippen MR) is 111 cm³/mol. The predicted octanol–water partition coefficient (Wildman–Crippen LogP) is 2.78. The number of nitrogens with one attached hydrogen (secondary N) is 2. The molecule has 0 saturated carbocycles. The highest BCUT2D eigenvalue weighted by Gasteiger charge is 2.13. The Balaban J connectivity index is 1.68. The van der Waals surface area contributed by atoms with Gasteiger partial charge < -0.3 is 19.8 Å². The monoisotopic (exact) mass is 417 g/mol. The minimum absolute atomic E-state index is 0.103. The number of carbonyl (C=O) groups is 1. The SMILES string of the molecule is COc1cc(OC)c(NC(=O)CCCn2c(=O)[nH]c3ccccc3c2=O)cc1Cl. The fourth-order valence-corrected chi connectivity index (χ4v) is 3.21. The zero-order chi connectivity index (χ0) is 21.0. The Morgan fingerprint density at radius 3 is 2.59 bits per heavy atom. The molecule has 0 unspecified atom stereocenters. The van der Waals surface area contributed by atoms with E-state index in [1.165, 1.54) is 20.3 Å². The quantitative estimate of drug-likeness (QED) is 0.615. The van der Waals surface area contributed by atoms with Gasteiger partial charge in [-0.15, -0.1) is 0 Å². The highest BCUT2D eigenvalue weighted by Crippen LogP contribution is 2.35. The van der Waals surface area contributed by atoms with E-state index < -0.39 is 5.69 Å². The zero-order valence-corrected chi connectivity index (χ0v) is 16.7. The maximum absolute atomic E-state index is 12.5. The molecule has 0 saturated heterocycles. The summed E-state index contributed by atoms with van der Waals surface area (Å²) in [5.41, 5.74) is 0.00932. The second-order valence-electron chi connectivity index (χ2n) is 6.27. The highest BCUT2D eigenvalue weighted by atomic mass is 35.5.